The number of para-hydroxylation sites is 1. The van der Waals surface area contributed by atoms with Crippen LogP contribution >= 0.6 is 0 Å². The van der Waals surface area contributed by atoms with Crippen molar-refractivity contribution >= 4 is 6.09 Å². The fourth-order valence-corrected chi connectivity index (χ4v) is 2.46. The van der Waals surface area contributed by atoms with Crippen molar-refractivity contribution in [3.05, 3.63) is 29.8 Å². The van der Waals surface area contributed by atoms with Crippen LogP contribution in [0, 0.1) is 0 Å². The highest BCUT2D eigenvalue weighted by Gasteiger charge is 2.22. The molecule has 0 bridgehead atoms. The third-order valence-electron chi connectivity index (χ3n) is 3.53. The van der Waals surface area contributed by atoms with Gasteiger partial charge in [-0.25, -0.2) is 4.79 Å². The van der Waals surface area contributed by atoms with Crippen molar-refractivity contribution < 1.29 is 14.3 Å². The molecule has 21 heavy (non-hydrogen) atoms. The van der Waals surface area contributed by atoms with Gasteiger partial charge in [0.1, 0.15) is 5.75 Å². The molecule has 0 aliphatic carbocycles. The second-order valence-electron chi connectivity index (χ2n) is 5.51. The summed E-state index contributed by atoms with van der Waals surface area (Å²) >= 11 is 0. The summed E-state index contributed by atoms with van der Waals surface area (Å²) < 4.78 is 10.6. The molecule has 0 radical (unpaired) electrons. The molecule has 1 fully saturated rings. The highest BCUT2D eigenvalue weighted by molar-refractivity contribution is 5.67. The van der Waals surface area contributed by atoms with Crippen molar-refractivity contribution in [3.8, 4) is 5.75 Å². The van der Waals surface area contributed by atoms with Gasteiger partial charge in [-0.2, -0.15) is 0 Å². The number of methoxy groups -OCH3 is 1. The van der Waals surface area contributed by atoms with Crippen LogP contribution in [-0.2, 0) is 11.3 Å². The molecule has 116 valence electrons. The highest BCUT2D eigenvalue weighted by atomic mass is 16.5. The predicted octanol–water partition coefficient (Wildman–Crippen LogP) is 2.36. The third-order valence-corrected chi connectivity index (χ3v) is 3.53. The van der Waals surface area contributed by atoms with Gasteiger partial charge in [-0.1, -0.05) is 18.2 Å². The molecule has 0 N–H and O–H groups in total. The lowest BCUT2D eigenvalue weighted by atomic mass is 10.1. The number of hydrogen-bond donors (Lipinski definition) is 0. The van der Waals surface area contributed by atoms with Gasteiger partial charge in [0.05, 0.1) is 13.2 Å². The number of piperazine rings is 1. The van der Waals surface area contributed by atoms with Gasteiger partial charge < -0.3 is 14.4 Å². The van der Waals surface area contributed by atoms with Crippen molar-refractivity contribution in [1.29, 1.82) is 0 Å². The van der Waals surface area contributed by atoms with Crippen molar-refractivity contribution in [3.63, 3.8) is 0 Å². The van der Waals surface area contributed by atoms with Crippen molar-refractivity contribution in [2.24, 2.45) is 0 Å². The van der Waals surface area contributed by atoms with Crippen LogP contribution in [0.5, 0.6) is 5.75 Å². The molecule has 1 heterocycles. The molecular weight excluding hydrogens is 268 g/mol. The molecule has 0 saturated carbocycles. The number of carbonyl (C=O) groups excluding carboxylic acids is 1. The minimum absolute atomic E-state index is 0.169. The van der Waals surface area contributed by atoms with Crippen LogP contribution in [0.15, 0.2) is 24.3 Å². The molecule has 1 aromatic carbocycles. The highest BCUT2D eigenvalue weighted by Crippen LogP contribution is 2.21. The second kappa shape index (κ2) is 7.31. The summed E-state index contributed by atoms with van der Waals surface area (Å²) in [5.74, 6) is 0.947. The molecule has 0 unspecified atom stereocenters. The summed E-state index contributed by atoms with van der Waals surface area (Å²) in [5.41, 5.74) is 1.19. The lowest BCUT2D eigenvalue weighted by Crippen LogP contribution is -2.48. The number of rotatable bonds is 4. The van der Waals surface area contributed by atoms with E-state index in [-0.39, 0.29) is 12.2 Å². The molecule has 0 spiro atoms. The van der Waals surface area contributed by atoms with E-state index in [1.165, 1.54) is 12.7 Å². The standard InChI is InChI=1S/C16H24N2O3/c1-13(2)21-15-7-5-4-6-14(15)12-17-8-10-18(11-9-17)16(19)20-3/h4-7,13H,8-12H2,1-3H3. The Morgan fingerprint density at radius 3 is 2.48 bits per heavy atom. The normalized spacial score (nSPS) is 16.1. The fourth-order valence-electron chi connectivity index (χ4n) is 2.46. The number of nitrogens with zero attached hydrogens (tertiary/aromatic N) is 2. The zero-order chi connectivity index (χ0) is 15.2. The number of benzene rings is 1. The Morgan fingerprint density at radius 2 is 1.86 bits per heavy atom. The van der Waals surface area contributed by atoms with Gasteiger partial charge in [0.25, 0.3) is 0 Å². The molecule has 1 saturated heterocycles. The molecule has 5 nitrogen and oxygen atoms in total. The van der Waals surface area contributed by atoms with Gasteiger partial charge in [-0.15, -0.1) is 0 Å². The first-order valence-corrected chi connectivity index (χ1v) is 7.40. The fraction of sp³-hybridized carbons (Fsp3) is 0.562. The largest absolute Gasteiger partial charge is 0.491 e. The van der Waals surface area contributed by atoms with Gasteiger partial charge in [0, 0.05) is 38.3 Å². The Morgan fingerprint density at radius 1 is 1.19 bits per heavy atom. The molecular formula is C16H24N2O3. The maximum Gasteiger partial charge on any atom is 0.409 e. The lowest BCUT2D eigenvalue weighted by molar-refractivity contribution is 0.0883. The van der Waals surface area contributed by atoms with E-state index in [9.17, 15) is 4.79 Å². The Hall–Kier alpha value is -1.75. The van der Waals surface area contributed by atoms with Crippen molar-refractivity contribution in [2.75, 3.05) is 33.3 Å². The summed E-state index contributed by atoms with van der Waals surface area (Å²) in [6, 6.07) is 8.15. The summed E-state index contributed by atoms with van der Waals surface area (Å²) in [6.45, 7) is 8.03. The van der Waals surface area contributed by atoms with E-state index >= 15 is 0 Å². The summed E-state index contributed by atoms with van der Waals surface area (Å²) in [4.78, 5) is 15.6. The number of ether oxygens (including phenoxy) is 2. The maximum atomic E-state index is 11.5. The van der Waals surface area contributed by atoms with E-state index in [1.807, 2.05) is 32.0 Å². The van der Waals surface area contributed by atoms with Gasteiger partial charge in [0.2, 0.25) is 0 Å². The maximum absolute atomic E-state index is 11.5. The zero-order valence-corrected chi connectivity index (χ0v) is 13.0. The van der Waals surface area contributed by atoms with Gasteiger partial charge in [-0.3, -0.25) is 4.90 Å². The minimum Gasteiger partial charge on any atom is -0.491 e. The first kappa shape index (κ1) is 15.6. The monoisotopic (exact) mass is 292 g/mol. The molecule has 1 aliphatic heterocycles. The third kappa shape index (κ3) is 4.36. The van der Waals surface area contributed by atoms with Gasteiger partial charge >= 0.3 is 6.09 Å². The minimum atomic E-state index is -0.238. The van der Waals surface area contributed by atoms with E-state index in [4.69, 9.17) is 9.47 Å². The lowest BCUT2D eigenvalue weighted by Gasteiger charge is -2.34. The molecule has 5 heteroatoms. The Balaban J connectivity index is 1.93. The van der Waals surface area contributed by atoms with E-state index in [0.717, 1.165) is 25.4 Å². The number of amides is 1. The van der Waals surface area contributed by atoms with Crippen LogP contribution in [0.25, 0.3) is 0 Å². The van der Waals surface area contributed by atoms with Crippen molar-refractivity contribution in [1.82, 2.24) is 9.80 Å². The Kier molecular flexibility index (Phi) is 5.44. The summed E-state index contributed by atoms with van der Waals surface area (Å²) in [7, 11) is 1.42. The van der Waals surface area contributed by atoms with E-state index in [0.29, 0.717) is 13.1 Å². The van der Waals surface area contributed by atoms with Crippen LogP contribution < -0.4 is 4.74 Å². The molecule has 1 aromatic rings. The molecule has 1 amide bonds. The molecule has 0 atom stereocenters. The number of hydrogen-bond acceptors (Lipinski definition) is 4. The van der Waals surface area contributed by atoms with Crippen LogP contribution in [0.1, 0.15) is 19.4 Å². The predicted molar refractivity (Wildman–Crippen MR) is 81.5 cm³/mol. The zero-order valence-electron chi connectivity index (χ0n) is 13.0. The topological polar surface area (TPSA) is 42.0 Å². The van der Waals surface area contributed by atoms with Crippen LogP contribution in [0.2, 0.25) is 0 Å². The van der Waals surface area contributed by atoms with Crippen LogP contribution in [0.3, 0.4) is 0 Å². The molecule has 2 rings (SSSR count). The average Bonchev–Trinajstić information content (AvgIpc) is 2.49. The second-order valence-corrected chi connectivity index (χ2v) is 5.51. The SMILES string of the molecule is COC(=O)N1CCN(Cc2ccccc2OC(C)C)CC1. The average molecular weight is 292 g/mol. The van der Waals surface area contributed by atoms with Gasteiger partial charge in [-0.05, 0) is 19.9 Å². The molecule has 1 aliphatic rings. The first-order chi connectivity index (χ1) is 10.1. The first-order valence-electron chi connectivity index (χ1n) is 7.40. The summed E-state index contributed by atoms with van der Waals surface area (Å²) in [6.07, 6.45) is -0.0690. The Bertz CT molecular complexity index is 468. The van der Waals surface area contributed by atoms with Crippen LogP contribution in [0.4, 0.5) is 4.79 Å². The Labute approximate surface area is 126 Å². The van der Waals surface area contributed by atoms with Gasteiger partial charge in [0.15, 0.2) is 0 Å². The smallest absolute Gasteiger partial charge is 0.409 e. The van der Waals surface area contributed by atoms with E-state index in [2.05, 4.69) is 11.0 Å². The number of carbonyl (C=O) groups is 1. The van der Waals surface area contributed by atoms with Crippen LogP contribution in [-0.4, -0.2) is 55.3 Å². The van der Waals surface area contributed by atoms with E-state index < -0.39 is 0 Å². The van der Waals surface area contributed by atoms with E-state index in [1.54, 1.807) is 4.90 Å². The molecule has 0 aromatic heterocycles. The van der Waals surface area contributed by atoms with Crippen molar-refractivity contribution in [2.45, 2.75) is 26.5 Å². The summed E-state index contributed by atoms with van der Waals surface area (Å²) in [5, 5.41) is 0. The quantitative estimate of drug-likeness (QED) is 0.854.